The van der Waals surface area contributed by atoms with Gasteiger partial charge in [0.05, 0.1) is 0 Å². The number of hydrogen-bond donors (Lipinski definition) is 3. The number of nitrogens with one attached hydrogen (secondary N) is 3. The van der Waals surface area contributed by atoms with Crippen molar-refractivity contribution in [1.29, 1.82) is 0 Å². The van der Waals surface area contributed by atoms with E-state index in [-0.39, 0.29) is 17.1 Å². The SMILES string of the molecule is O=c1[nH]c(=O)[nH]c(=O)[nH]1.[Cu]. The quantitative estimate of drug-likeness (QED) is 0.405. The van der Waals surface area contributed by atoms with E-state index in [4.69, 9.17) is 0 Å². The molecule has 0 saturated heterocycles. The smallest absolute Gasteiger partial charge is 0.259 e. The third-order valence-corrected chi connectivity index (χ3v) is 0.681. The Bertz CT molecular complexity index is 281. The fraction of sp³-hybridized carbons (Fsp3) is 0. The Morgan fingerprint density at radius 1 is 0.700 bits per heavy atom. The van der Waals surface area contributed by atoms with E-state index >= 15 is 0 Å². The fourth-order valence-electron chi connectivity index (χ4n) is 0.403. The Kier molecular flexibility index (Phi) is 2.85. The topological polar surface area (TPSA) is 98.6 Å². The van der Waals surface area contributed by atoms with Gasteiger partial charge in [0.1, 0.15) is 0 Å². The molecule has 0 atom stereocenters. The van der Waals surface area contributed by atoms with Gasteiger partial charge in [-0.2, -0.15) is 0 Å². The van der Waals surface area contributed by atoms with Crippen LogP contribution in [-0.4, -0.2) is 15.0 Å². The Labute approximate surface area is 64.2 Å². The van der Waals surface area contributed by atoms with Crippen LogP contribution in [0.15, 0.2) is 14.4 Å². The molecular weight excluding hydrogens is 190 g/mol. The van der Waals surface area contributed by atoms with Crippen molar-refractivity contribution in [3.63, 3.8) is 0 Å². The standard InChI is InChI=1S/C3H3N3O3.Cu/c7-1-4-2(8)6-3(9)5-1;/h(H3,4,5,6,7,8,9);. The molecule has 6 nitrogen and oxygen atoms in total. The van der Waals surface area contributed by atoms with Crippen molar-refractivity contribution in [3.05, 3.63) is 31.5 Å². The van der Waals surface area contributed by atoms with Gasteiger partial charge in [-0.3, -0.25) is 15.0 Å². The monoisotopic (exact) mass is 192 g/mol. The molecule has 10 heavy (non-hydrogen) atoms. The molecule has 0 aliphatic heterocycles. The van der Waals surface area contributed by atoms with E-state index in [1.807, 2.05) is 0 Å². The normalized spacial score (nSPS) is 8.40. The van der Waals surface area contributed by atoms with Gasteiger partial charge in [0, 0.05) is 17.1 Å². The van der Waals surface area contributed by atoms with Crippen LogP contribution in [0.25, 0.3) is 0 Å². The molecule has 0 fully saturated rings. The van der Waals surface area contributed by atoms with E-state index in [9.17, 15) is 14.4 Å². The number of hydrogen-bond acceptors (Lipinski definition) is 3. The number of rotatable bonds is 0. The summed E-state index contributed by atoms with van der Waals surface area (Å²) in [5, 5.41) is 0. The van der Waals surface area contributed by atoms with E-state index in [1.165, 1.54) is 0 Å². The maximum absolute atomic E-state index is 10.2. The molecular formula is C3H3CuN3O3. The number of aromatic nitrogens is 3. The van der Waals surface area contributed by atoms with Crippen molar-refractivity contribution in [1.82, 2.24) is 15.0 Å². The third-order valence-electron chi connectivity index (χ3n) is 0.681. The maximum Gasteiger partial charge on any atom is 0.330 e. The Balaban J connectivity index is 0.000000810. The number of H-pyrrole nitrogens is 3. The Morgan fingerprint density at radius 3 is 1.10 bits per heavy atom. The van der Waals surface area contributed by atoms with E-state index in [0.29, 0.717) is 0 Å². The summed E-state index contributed by atoms with van der Waals surface area (Å²) in [7, 11) is 0. The summed E-state index contributed by atoms with van der Waals surface area (Å²) in [6.07, 6.45) is 0. The van der Waals surface area contributed by atoms with Crippen LogP contribution >= 0.6 is 0 Å². The molecule has 1 radical (unpaired) electrons. The molecule has 1 heterocycles. The summed E-state index contributed by atoms with van der Waals surface area (Å²) in [4.78, 5) is 35.9. The molecule has 0 spiro atoms. The largest absolute Gasteiger partial charge is 0.330 e. The van der Waals surface area contributed by atoms with Crippen LogP contribution < -0.4 is 17.1 Å². The third kappa shape index (κ3) is 2.04. The van der Waals surface area contributed by atoms with Crippen LogP contribution in [0.4, 0.5) is 0 Å². The minimum Gasteiger partial charge on any atom is -0.259 e. The number of aromatic amines is 3. The van der Waals surface area contributed by atoms with Gasteiger partial charge in [-0.25, -0.2) is 14.4 Å². The molecule has 0 aromatic carbocycles. The molecule has 1 aromatic rings. The predicted octanol–water partition coefficient (Wildman–Crippen LogP) is -2.25. The molecule has 7 heteroatoms. The molecule has 0 unspecified atom stereocenters. The molecule has 0 aliphatic rings. The summed E-state index contributed by atoms with van der Waals surface area (Å²) in [6, 6.07) is 0. The minimum atomic E-state index is -0.802. The van der Waals surface area contributed by atoms with Gasteiger partial charge in [0.15, 0.2) is 0 Å². The van der Waals surface area contributed by atoms with E-state index in [1.54, 1.807) is 15.0 Å². The summed E-state index contributed by atoms with van der Waals surface area (Å²) in [6.45, 7) is 0. The van der Waals surface area contributed by atoms with Crippen molar-refractivity contribution in [2.24, 2.45) is 0 Å². The van der Waals surface area contributed by atoms with Crippen LogP contribution in [0.3, 0.4) is 0 Å². The molecule has 59 valence electrons. The van der Waals surface area contributed by atoms with Crippen LogP contribution in [-0.2, 0) is 17.1 Å². The summed E-state index contributed by atoms with van der Waals surface area (Å²) >= 11 is 0. The van der Waals surface area contributed by atoms with Crippen molar-refractivity contribution in [2.45, 2.75) is 0 Å². The maximum atomic E-state index is 10.2. The molecule has 3 N–H and O–H groups in total. The van der Waals surface area contributed by atoms with Crippen molar-refractivity contribution in [3.8, 4) is 0 Å². The predicted molar refractivity (Wildman–Crippen MR) is 28.3 cm³/mol. The summed E-state index contributed by atoms with van der Waals surface area (Å²) in [5.74, 6) is 0. The van der Waals surface area contributed by atoms with Gasteiger partial charge in [-0.15, -0.1) is 0 Å². The molecule has 1 aromatic heterocycles. The molecule has 0 aliphatic carbocycles. The molecule has 0 amide bonds. The van der Waals surface area contributed by atoms with Gasteiger partial charge in [-0.1, -0.05) is 0 Å². The van der Waals surface area contributed by atoms with Crippen LogP contribution in [0, 0.1) is 0 Å². The first kappa shape index (κ1) is 8.93. The van der Waals surface area contributed by atoms with Crippen LogP contribution in [0.2, 0.25) is 0 Å². The van der Waals surface area contributed by atoms with Gasteiger partial charge in [-0.05, 0) is 0 Å². The van der Waals surface area contributed by atoms with Gasteiger partial charge >= 0.3 is 17.1 Å². The van der Waals surface area contributed by atoms with Crippen LogP contribution in [0.5, 0.6) is 0 Å². The second-order valence-electron chi connectivity index (χ2n) is 1.36. The second kappa shape index (κ2) is 3.19. The van der Waals surface area contributed by atoms with Crippen molar-refractivity contribution < 1.29 is 17.1 Å². The van der Waals surface area contributed by atoms with Crippen molar-refractivity contribution in [2.75, 3.05) is 0 Å². The minimum absolute atomic E-state index is 0. The van der Waals surface area contributed by atoms with Crippen molar-refractivity contribution >= 4 is 0 Å². The van der Waals surface area contributed by atoms with E-state index < -0.39 is 17.1 Å². The first-order valence-corrected chi connectivity index (χ1v) is 2.11. The zero-order chi connectivity index (χ0) is 6.85. The first-order chi connectivity index (χ1) is 4.18. The average Bonchev–Trinajstić information content (AvgIpc) is 1.59. The zero-order valence-electron chi connectivity index (χ0n) is 4.53. The van der Waals surface area contributed by atoms with E-state index in [2.05, 4.69) is 0 Å². The van der Waals surface area contributed by atoms with Gasteiger partial charge in [0.25, 0.3) is 0 Å². The Morgan fingerprint density at radius 2 is 0.900 bits per heavy atom. The average molecular weight is 193 g/mol. The summed E-state index contributed by atoms with van der Waals surface area (Å²) < 4.78 is 0. The Hall–Kier alpha value is -1.07. The van der Waals surface area contributed by atoms with E-state index in [0.717, 1.165) is 0 Å². The van der Waals surface area contributed by atoms with Crippen LogP contribution in [0.1, 0.15) is 0 Å². The summed E-state index contributed by atoms with van der Waals surface area (Å²) in [5.41, 5.74) is -2.41. The fourth-order valence-corrected chi connectivity index (χ4v) is 0.403. The molecule has 0 saturated carbocycles. The molecule has 0 bridgehead atoms. The second-order valence-corrected chi connectivity index (χ2v) is 1.36. The molecule has 1 rings (SSSR count). The van der Waals surface area contributed by atoms with Gasteiger partial charge in [0.2, 0.25) is 0 Å². The zero-order valence-corrected chi connectivity index (χ0v) is 5.47. The van der Waals surface area contributed by atoms with Gasteiger partial charge < -0.3 is 0 Å². The first-order valence-electron chi connectivity index (χ1n) is 2.11.